The molecule has 0 spiro atoms. The number of carbonyl (C=O) groups is 1. The van der Waals surface area contributed by atoms with Crippen LogP contribution >= 0.6 is 0 Å². The van der Waals surface area contributed by atoms with Gasteiger partial charge in [-0.15, -0.1) is 0 Å². The Morgan fingerprint density at radius 3 is 2.52 bits per heavy atom. The van der Waals surface area contributed by atoms with Crippen molar-refractivity contribution in [1.29, 1.82) is 0 Å². The Balaban J connectivity index is 1.64. The Morgan fingerprint density at radius 2 is 1.74 bits per heavy atom. The number of amides is 1. The zero-order valence-electron chi connectivity index (χ0n) is 13.3. The van der Waals surface area contributed by atoms with Crippen molar-refractivity contribution < 1.29 is 4.79 Å². The van der Waals surface area contributed by atoms with E-state index in [9.17, 15) is 4.79 Å². The summed E-state index contributed by atoms with van der Waals surface area (Å²) >= 11 is 0. The normalized spacial score (nSPS) is 10.7. The van der Waals surface area contributed by atoms with Crippen LogP contribution < -0.4 is 5.32 Å². The maximum Gasteiger partial charge on any atom is 0.224 e. The Hall–Kier alpha value is -2.68. The maximum absolute atomic E-state index is 12.2. The quantitative estimate of drug-likeness (QED) is 0.760. The van der Waals surface area contributed by atoms with Gasteiger partial charge in [0, 0.05) is 18.0 Å². The zero-order chi connectivity index (χ0) is 16.1. The van der Waals surface area contributed by atoms with Crippen LogP contribution in [0.25, 0.3) is 10.9 Å². The lowest BCUT2D eigenvalue weighted by atomic mass is 10.1. The smallest absolute Gasteiger partial charge is 0.224 e. The summed E-state index contributed by atoms with van der Waals surface area (Å²) in [5.74, 6) is 0.0164. The van der Waals surface area contributed by atoms with Gasteiger partial charge in [0.05, 0.1) is 11.2 Å². The number of fused-ring (bicyclic) bond motifs is 1. The molecule has 1 amide bonds. The van der Waals surface area contributed by atoms with E-state index < -0.39 is 0 Å². The van der Waals surface area contributed by atoms with Crippen molar-refractivity contribution in [3.63, 3.8) is 0 Å². The highest BCUT2D eigenvalue weighted by Crippen LogP contribution is 2.20. The van der Waals surface area contributed by atoms with Crippen molar-refractivity contribution in [2.45, 2.75) is 26.2 Å². The van der Waals surface area contributed by atoms with E-state index in [1.54, 1.807) is 6.20 Å². The molecule has 0 atom stereocenters. The first-order chi connectivity index (χ1) is 11.3. The van der Waals surface area contributed by atoms with Crippen molar-refractivity contribution in [1.82, 2.24) is 4.98 Å². The molecule has 0 aliphatic rings. The SMILES string of the molecule is CCc1ccc(CCC(=O)Nc2cccc3cccnc23)cc1. The zero-order valence-corrected chi connectivity index (χ0v) is 13.3. The molecule has 1 N–H and O–H groups in total. The number of pyridine rings is 1. The van der Waals surface area contributed by atoms with Crippen molar-refractivity contribution in [3.8, 4) is 0 Å². The third kappa shape index (κ3) is 3.75. The summed E-state index contributed by atoms with van der Waals surface area (Å²) in [5.41, 5.74) is 4.11. The highest BCUT2D eigenvalue weighted by molar-refractivity contribution is 6.00. The molecule has 0 unspecified atom stereocenters. The van der Waals surface area contributed by atoms with Gasteiger partial charge in [0.15, 0.2) is 0 Å². The van der Waals surface area contributed by atoms with E-state index in [4.69, 9.17) is 0 Å². The van der Waals surface area contributed by atoms with E-state index >= 15 is 0 Å². The molecule has 3 nitrogen and oxygen atoms in total. The molecular formula is C20H20N2O. The van der Waals surface area contributed by atoms with Gasteiger partial charge in [0.25, 0.3) is 0 Å². The lowest BCUT2D eigenvalue weighted by molar-refractivity contribution is -0.116. The summed E-state index contributed by atoms with van der Waals surface area (Å²) in [4.78, 5) is 16.6. The molecule has 116 valence electrons. The van der Waals surface area contributed by atoms with Gasteiger partial charge in [-0.2, -0.15) is 0 Å². The van der Waals surface area contributed by atoms with E-state index in [1.807, 2.05) is 30.3 Å². The first kappa shape index (κ1) is 15.2. The number of aromatic nitrogens is 1. The predicted molar refractivity (Wildman–Crippen MR) is 94.5 cm³/mol. The summed E-state index contributed by atoms with van der Waals surface area (Å²) in [6.45, 7) is 2.14. The van der Waals surface area contributed by atoms with Crippen LogP contribution in [-0.2, 0) is 17.6 Å². The van der Waals surface area contributed by atoms with Crippen LogP contribution in [0.1, 0.15) is 24.5 Å². The van der Waals surface area contributed by atoms with Gasteiger partial charge < -0.3 is 5.32 Å². The first-order valence-corrected chi connectivity index (χ1v) is 7.97. The van der Waals surface area contributed by atoms with Gasteiger partial charge >= 0.3 is 0 Å². The fourth-order valence-corrected chi connectivity index (χ4v) is 2.62. The van der Waals surface area contributed by atoms with Gasteiger partial charge in [-0.25, -0.2) is 0 Å². The summed E-state index contributed by atoms with van der Waals surface area (Å²) in [5, 5.41) is 4.00. The van der Waals surface area contributed by atoms with E-state index in [-0.39, 0.29) is 5.91 Å². The number of hydrogen-bond donors (Lipinski definition) is 1. The third-order valence-corrected chi connectivity index (χ3v) is 3.98. The average molecular weight is 304 g/mol. The third-order valence-electron chi connectivity index (χ3n) is 3.98. The minimum absolute atomic E-state index is 0.0164. The van der Waals surface area contributed by atoms with E-state index in [2.05, 4.69) is 41.5 Å². The van der Waals surface area contributed by atoms with Crippen LogP contribution in [0.5, 0.6) is 0 Å². The predicted octanol–water partition coefficient (Wildman–Crippen LogP) is 4.37. The Morgan fingerprint density at radius 1 is 1.00 bits per heavy atom. The number of benzene rings is 2. The molecule has 0 aliphatic heterocycles. The van der Waals surface area contributed by atoms with Gasteiger partial charge in [0.2, 0.25) is 5.91 Å². The fourth-order valence-electron chi connectivity index (χ4n) is 2.62. The molecule has 0 radical (unpaired) electrons. The summed E-state index contributed by atoms with van der Waals surface area (Å²) < 4.78 is 0. The number of para-hydroxylation sites is 1. The van der Waals surface area contributed by atoms with Crippen molar-refractivity contribution in [2.24, 2.45) is 0 Å². The second-order valence-corrected chi connectivity index (χ2v) is 5.60. The van der Waals surface area contributed by atoms with Crippen molar-refractivity contribution in [3.05, 3.63) is 71.9 Å². The van der Waals surface area contributed by atoms with Crippen LogP contribution in [0.4, 0.5) is 5.69 Å². The average Bonchev–Trinajstić information content (AvgIpc) is 2.61. The Labute approximate surface area is 136 Å². The summed E-state index contributed by atoms with van der Waals surface area (Å²) in [6.07, 6.45) is 3.99. The fraction of sp³-hybridized carbons (Fsp3) is 0.200. The molecule has 0 bridgehead atoms. The molecule has 3 heteroatoms. The molecule has 0 aliphatic carbocycles. The van der Waals surface area contributed by atoms with Crippen LogP contribution in [0, 0.1) is 0 Å². The van der Waals surface area contributed by atoms with Crippen LogP contribution in [0.2, 0.25) is 0 Å². The molecule has 1 aromatic heterocycles. The molecule has 2 aromatic carbocycles. The van der Waals surface area contributed by atoms with E-state index in [0.29, 0.717) is 6.42 Å². The number of hydrogen-bond acceptors (Lipinski definition) is 2. The van der Waals surface area contributed by atoms with E-state index in [1.165, 1.54) is 11.1 Å². The first-order valence-electron chi connectivity index (χ1n) is 7.97. The molecular weight excluding hydrogens is 284 g/mol. The van der Waals surface area contributed by atoms with Crippen molar-refractivity contribution >= 4 is 22.5 Å². The van der Waals surface area contributed by atoms with Crippen LogP contribution in [0.3, 0.4) is 0 Å². The molecule has 0 saturated heterocycles. The standard InChI is InChI=1S/C20H20N2O/c1-2-15-8-10-16(11-9-15)12-13-19(23)22-18-7-3-5-17-6-4-14-21-20(17)18/h3-11,14H,2,12-13H2,1H3,(H,22,23). The summed E-state index contributed by atoms with van der Waals surface area (Å²) in [6, 6.07) is 18.2. The number of carbonyl (C=O) groups excluding carboxylic acids is 1. The largest absolute Gasteiger partial charge is 0.324 e. The second-order valence-electron chi connectivity index (χ2n) is 5.60. The van der Waals surface area contributed by atoms with Gasteiger partial charge in [-0.05, 0) is 36.1 Å². The molecule has 3 rings (SSSR count). The van der Waals surface area contributed by atoms with Crippen LogP contribution in [-0.4, -0.2) is 10.9 Å². The van der Waals surface area contributed by atoms with Gasteiger partial charge in [0.1, 0.15) is 0 Å². The lowest BCUT2D eigenvalue weighted by Crippen LogP contribution is -2.12. The monoisotopic (exact) mass is 304 g/mol. The Kier molecular flexibility index (Phi) is 4.67. The minimum Gasteiger partial charge on any atom is -0.324 e. The molecule has 0 fully saturated rings. The molecule has 23 heavy (non-hydrogen) atoms. The van der Waals surface area contributed by atoms with E-state index in [0.717, 1.165) is 29.4 Å². The maximum atomic E-state index is 12.2. The molecule has 1 heterocycles. The summed E-state index contributed by atoms with van der Waals surface area (Å²) in [7, 11) is 0. The highest BCUT2D eigenvalue weighted by Gasteiger charge is 2.07. The molecule has 0 saturated carbocycles. The van der Waals surface area contributed by atoms with Gasteiger partial charge in [-0.1, -0.05) is 49.4 Å². The lowest BCUT2D eigenvalue weighted by Gasteiger charge is -2.08. The van der Waals surface area contributed by atoms with Crippen LogP contribution in [0.15, 0.2) is 60.8 Å². The molecule has 3 aromatic rings. The number of nitrogens with zero attached hydrogens (tertiary/aromatic N) is 1. The number of aryl methyl sites for hydroxylation is 2. The highest BCUT2D eigenvalue weighted by atomic mass is 16.1. The topological polar surface area (TPSA) is 42.0 Å². The number of nitrogens with one attached hydrogen (secondary N) is 1. The number of rotatable bonds is 5. The minimum atomic E-state index is 0.0164. The van der Waals surface area contributed by atoms with Gasteiger partial charge in [-0.3, -0.25) is 9.78 Å². The number of anilines is 1. The Bertz CT molecular complexity index is 804. The van der Waals surface area contributed by atoms with Crippen molar-refractivity contribution in [2.75, 3.05) is 5.32 Å². The second kappa shape index (κ2) is 7.05.